The van der Waals surface area contributed by atoms with Crippen molar-refractivity contribution in [3.8, 4) is 0 Å². The van der Waals surface area contributed by atoms with Gasteiger partial charge in [0.2, 0.25) is 0 Å². The average molecular weight is 172 g/mol. The molecule has 0 rings (SSSR count). The molecule has 11 heavy (non-hydrogen) atoms. The van der Waals surface area contributed by atoms with Crippen molar-refractivity contribution in [3.05, 3.63) is 12.2 Å². The Labute approximate surface area is 73.9 Å². The molecule has 0 unspecified atom stereocenters. The third kappa shape index (κ3) is 9.43. The maximum absolute atomic E-state index is 5.22. The fourth-order valence-electron chi connectivity index (χ4n) is 0.683. The Morgan fingerprint density at radius 2 is 2.27 bits per heavy atom. The maximum Gasteiger partial charge on any atom is 0.163 e. The van der Waals surface area contributed by atoms with E-state index in [0.29, 0.717) is 5.11 Å². The normalized spacial score (nSPS) is 10.3. The minimum Gasteiger partial charge on any atom is -0.376 e. The topological polar surface area (TPSA) is 38.0 Å². The Hall–Kier alpha value is -0.570. The molecule has 0 radical (unpaired) electrons. The van der Waals surface area contributed by atoms with Gasteiger partial charge in [0.05, 0.1) is 0 Å². The molecule has 0 aliphatic carbocycles. The summed E-state index contributed by atoms with van der Waals surface area (Å²) in [6.45, 7) is 2.93. The van der Waals surface area contributed by atoms with E-state index >= 15 is 0 Å². The van der Waals surface area contributed by atoms with Crippen molar-refractivity contribution in [2.45, 2.75) is 26.2 Å². The predicted molar refractivity (Wildman–Crippen MR) is 53.5 cm³/mol. The summed E-state index contributed by atoms with van der Waals surface area (Å²) in [5, 5.41) is 3.21. The van der Waals surface area contributed by atoms with Crippen LogP contribution in [-0.4, -0.2) is 11.7 Å². The Balaban J connectivity index is 3.10. The van der Waals surface area contributed by atoms with Crippen molar-refractivity contribution in [3.63, 3.8) is 0 Å². The molecule has 0 aromatic rings. The van der Waals surface area contributed by atoms with Crippen LogP contribution in [0, 0.1) is 0 Å². The Morgan fingerprint density at radius 1 is 1.55 bits per heavy atom. The summed E-state index contributed by atoms with van der Waals surface area (Å²) in [4.78, 5) is 0. The minimum atomic E-state index is 0.366. The van der Waals surface area contributed by atoms with Crippen LogP contribution in [0.3, 0.4) is 0 Å². The smallest absolute Gasteiger partial charge is 0.163 e. The molecule has 0 spiro atoms. The van der Waals surface area contributed by atoms with Crippen LogP contribution in [0.2, 0.25) is 0 Å². The number of nitrogens with two attached hydrogens (primary N) is 1. The molecule has 2 nitrogen and oxygen atoms in total. The zero-order valence-electron chi connectivity index (χ0n) is 6.97. The molecule has 0 bridgehead atoms. The van der Waals surface area contributed by atoms with E-state index in [-0.39, 0.29) is 0 Å². The molecule has 0 aromatic heterocycles. The SMILES string of the molecule is CCCCC=CCNC(N)=S. The molecule has 0 amide bonds. The van der Waals surface area contributed by atoms with E-state index in [1.807, 2.05) is 0 Å². The molecule has 0 aliphatic rings. The van der Waals surface area contributed by atoms with Gasteiger partial charge < -0.3 is 11.1 Å². The van der Waals surface area contributed by atoms with Crippen molar-refractivity contribution < 1.29 is 0 Å². The first kappa shape index (κ1) is 10.4. The van der Waals surface area contributed by atoms with Crippen LogP contribution >= 0.6 is 12.2 Å². The summed E-state index contributed by atoms with van der Waals surface area (Å²) in [6.07, 6.45) is 7.84. The number of hydrogen-bond acceptors (Lipinski definition) is 1. The molecule has 0 aromatic carbocycles. The number of allylic oxidation sites excluding steroid dienone is 1. The van der Waals surface area contributed by atoms with Gasteiger partial charge in [0.15, 0.2) is 5.11 Å². The van der Waals surface area contributed by atoms with Gasteiger partial charge in [-0.05, 0) is 18.6 Å². The predicted octanol–water partition coefficient (Wildman–Crippen LogP) is 1.57. The van der Waals surface area contributed by atoms with E-state index < -0.39 is 0 Å². The monoisotopic (exact) mass is 172 g/mol. The van der Waals surface area contributed by atoms with E-state index in [2.05, 4.69) is 36.6 Å². The van der Waals surface area contributed by atoms with Gasteiger partial charge in [-0.25, -0.2) is 0 Å². The second-order valence-electron chi connectivity index (χ2n) is 2.36. The number of unbranched alkanes of at least 4 members (excludes halogenated alkanes) is 2. The van der Waals surface area contributed by atoms with Crippen LogP contribution in [0.4, 0.5) is 0 Å². The third-order valence-electron chi connectivity index (χ3n) is 1.29. The Bertz CT molecular complexity index is 132. The summed E-state index contributed by atoms with van der Waals surface area (Å²) in [7, 11) is 0. The largest absolute Gasteiger partial charge is 0.376 e. The molecular weight excluding hydrogens is 156 g/mol. The summed E-state index contributed by atoms with van der Waals surface area (Å²) in [5.74, 6) is 0. The lowest BCUT2D eigenvalue weighted by atomic mass is 10.2. The molecular formula is C8H16N2S. The average Bonchev–Trinajstić information content (AvgIpc) is 1.96. The fraction of sp³-hybridized carbons (Fsp3) is 0.625. The highest BCUT2D eigenvalue weighted by Crippen LogP contribution is 1.93. The number of thiocarbonyl (C=S) groups is 1. The standard InChI is InChI=1S/C8H16N2S/c1-2-3-4-5-6-7-10-8(9)11/h5-6H,2-4,7H2,1H3,(H3,9,10,11). The van der Waals surface area contributed by atoms with Crippen molar-refractivity contribution in [2.75, 3.05) is 6.54 Å². The second-order valence-corrected chi connectivity index (χ2v) is 2.80. The molecule has 0 atom stereocenters. The van der Waals surface area contributed by atoms with Gasteiger partial charge in [-0.1, -0.05) is 31.9 Å². The summed E-state index contributed by atoms with van der Waals surface area (Å²) in [6, 6.07) is 0. The van der Waals surface area contributed by atoms with Crippen LogP contribution in [0.5, 0.6) is 0 Å². The first-order valence-corrected chi connectivity index (χ1v) is 4.36. The lowest BCUT2D eigenvalue weighted by Crippen LogP contribution is -2.28. The van der Waals surface area contributed by atoms with Crippen LogP contribution in [0.1, 0.15) is 26.2 Å². The highest BCUT2D eigenvalue weighted by Gasteiger charge is 1.80. The van der Waals surface area contributed by atoms with Gasteiger partial charge in [0.25, 0.3) is 0 Å². The summed E-state index contributed by atoms with van der Waals surface area (Å²) < 4.78 is 0. The van der Waals surface area contributed by atoms with Crippen molar-refractivity contribution >= 4 is 17.3 Å². The first-order valence-electron chi connectivity index (χ1n) is 3.95. The second kappa shape index (κ2) is 7.54. The molecule has 0 saturated heterocycles. The zero-order valence-corrected chi connectivity index (χ0v) is 7.79. The van der Waals surface area contributed by atoms with Gasteiger partial charge >= 0.3 is 0 Å². The van der Waals surface area contributed by atoms with E-state index in [1.165, 1.54) is 12.8 Å². The van der Waals surface area contributed by atoms with Gasteiger partial charge in [0, 0.05) is 6.54 Å². The number of hydrogen-bond donors (Lipinski definition) is 2. The summed E-state index contributed by atoms with van der Waals surface area (Å²) >= 11 is 4.63. The number of nitrogens with one attached hydrogen (secondary N) is 1. The molecule has 0 fully saturated rings. The number of rotatable bonds is 5. The maximum atomic E-state index is 5.22. The van der Waals surface area contributed by atoms with E-state index in [0.717, 1.165) is 13.0 Å². The van der Waals surface area contributed by atoms with Crippen LogP contribution in [-0.2, 0) is 0 Å². The van der Waals surface area contributed by atoms with Crippen molar-refractivity contribution in [1.29, 1.82) is 0 Å². The molecule has 64 valence electrons. The lowest BCUT2D eigenvalue weighted by Gasteiger charge is -1.96. The highest BCUT2D eigenvalue weighted by atomic mass is 32.1. The van der Waals surface area contributed by atoms with E-state index in [1.54, 1.807) is 0 Å². The molecule has 0 aliphatic heterocycles. The minimum absolute atomic E-state index is 0.366. The summed E-state index contributed by atoms with van der Waals surface area (Å²) in [5.41, 5.74) is 5.22. The van der Waals surface area contributed by atoms with Crippen molar-refractivity contribution in [1.82, 2.24) is 5.32 Å². The van der Waals surface area contributed by atoms with Gasteiger partial charge in [-0.15, -0.1) is 0 Å². The van der Waals surface area contributed by atoms with E-state index in [9.17, 15) is 0 Å². The van der Waals surface area contributed by atoms with Crippen LogP contribution in [0.15, 0.2) is 12.2 Å². The highest BCUT2D eigenvalue weighted by molar-refractivity contribution is 7.80. The quantitative estimate of drug-likeness (QED) is 0.375. The molecule has 3 heteroatoms. The van der Waals surface area contributed by atoms with Gasteiger partial charge in [0.1, 0.15) is 0 Å². The third-order valence-corrected chi connectivity index (χ3v) is 1.43. The Kier molecular flexibility index (Phi) is 7.15. The van der Waals surface area contributed by atoms with Crippen LogP contribution in [0.25, 0.3) is 0 Å². The van der Waals surface area contributed by atoms with Gasteiger partial charge in [-0.3, -0.25) is 0 Å². The van der Waals surface area contributed by atoms with E-state index in [4.69, 9.17) is 5.73 Å². The zero-order chi connectivity index (χ0) is 8.53. The molecule has 3 N–H and O–H groups in total. The van der Waals surface area contributed by atoms with Crippen molar-refractivity contribution in [2.24, 2.45) is 5.73 Å². The molecule has 0 saturated carbocycles. The van der Waals surface area contributed by atoms with Gasteiger partial charge in [-0.2, -0.15) is 0 Å². The first-order chi connectivity index (χ1) is 5.27. The lowest BCUT2D eigenvalue weighted by molar-refractivity contribution is 0.812. The van der Waals surface area contributed by atoms with Crippen LogP contribution < -0.4 is 11.1 Å². The fourth-order valence-corrected chi connectivity index (χ4v) is 0.766. The molecule has 0 heterocycles. The Morgan fingerprint density at radius 3 is 2.82 bits per heavy atom.